The fraction of sp³-hybridized carbons (Fsp3) is 0.288. The molecule has 0 bridgehead atoms. The van der Waals surface area contributed by atoms with Crippen LogP contribution in [0, 0.1) is 0 Å². The lowest BCUT2D eigenvalue weighted by Gasteiger charge is -2.32. The number of halogens is 2. The smallest absolute Gasteiger partial charge is 0.484 e. The normalized spacial score (nSPS) is 16.1. The molecule has 4 aromatic heterocycles. The first kappa shape index (κ1) is 44.7. The predicted molar refractivity (Wildman–Crippen MR) is 260 cm³/mol. The Labute approximate surface area is 388 Å². The standard InChI is InChI=1S/C52H54BF2N7O3S/c1-60(48-16-7-12-38-13-8-31-58-52(38)48)35-46-45(44-14-5-4-11-39(44)34-59-46)15-9-30-56-50(63)18-3-2-6-29-57-51(64)36-65-43-26-20-37(21-27-43)19-22-40-23-24-41-33-42-25-28-47(49-17-10-32-66-49)62(42)53(54,55)61(40)41/h4-5,8,10-11,13-14,17,19-28,31-34,48H,2-3,6-7,9,12,15-16,18,29-30,35-36H2,1H3,(H,56,63)(H,57,64)/b22-19+/t48-/m0/s1. The number of thiophene rings is 1. The molecule has 1 aliphatic carbocycles. The number of nitrogens with one attached hydrogen (secondary N) is 2. The third kappa shape index (κ3) is 10.00. The van der Waals surface area contributed by atoms with E-state index in [1.807, 2.05) is 54.2 Å². The first-order chi connectivity index (χ1) is 32.2. The van der Waals surface area contributed by atoms with Gasteiger partial charge in [-0.2, -0.15) is 0 Å². The SMILES string of the molecule is CN(Cc1ncc2ccccc2c1CCCNC(=O)CCCCCNC(=O)COc1ccc(/C=C/c2ccc3n2[B-](F)(F)[N+]2=C(c4cccs4)C=CC2=C3)cc1)[C@H]1CCCc2cccnc21. The van der Waals surface area contributed by atoms with E-state index in [0.717, 1.165) is 88.4 Å². The van der Waals surface area contributed by atoms with Gasteiger partial charge in [0.25, 0.3) is 5.91 Å². The number of amides is 2. The van der Waals surface area contributed by atoms with Gasteiger partial charge in [0.1, 0.15) is 5.75 Å². The van der Waals surface area contributed by atoms with Crippen molar-refractivity contribution in [1.82, 2.24) is 30.0 Å². The van der Waals surface area contributed by atoms with Crippen LogP contribution < -0.4 is 15.4 Å². The van der Waals surface area contributed by atoms with E-state index in [9.17, 15) is 9.59 Å². The second kappa shape index (κ2) is 20.3. The molecular weight excluding hydrogens is 851 g/mol. The van der Waals surface area contributed by atoms with Gasteiger partial charge in [0.15, 0.2) is 18.0 Å². The lowest BCUT2D eigenvalue weighted by Crippen LogP contribution is -2.50. The highest BCUT2D eigenvalue weighted by molar-refractivity contribution is 7.12. The molecule has 3 aliphatic rings. The zero-order valence-corrected chi connectivity index (χ0v) is 38.0. The molecule has 338 valence electrons. The second-order valence-electron chi connectivity index (χ2n) is 17.2. The van der Waals surface area contributed by atoms with Gasteiger partial charge in [-0.05, 0) is 122 Å². The van der Waals surface area contributed by atoms with Gasteiger partial charge in [-0.1, -0.05) is 61.0 Å². The number of nitrogens with zero attached hydrogens (tertiary/aromatic N) is 5. The van der Waals surface area contributed by atoms with E-state index in [4.69, 9.17) is 14.7 Å². The third-order valence-electron chi connectivity index (χ3n) is 12.7. The highest BCUT2D eigenvalue weighted by atomic mass is 32.1. The molecule has 6 heterocycles. The molecule has 0 unspecified atom stereocenters. The van der Waals surface area contributed by atoms with Crippen molar-refractivity contribution < 1.29 is 27.4 Å². The Balaban J connectivity index is 0.669. The van der Waals surface area contributed by atoms with Crippen LogP contribution in [0.3, 0.4) is 0 Å². The number of fused-ring (bicyclic) bond motifs is 4. The molecule has 0 saturated heterocycles. The van der Waals surface area contributed by atoms with Gasteiger partial charge >= 0.3 is 6.97 Å². The molecule has 0 radical (unpaired) electrons. The van der Waals surface area contributed by atoms with E-state index < -0.39 is 6.97 Å². The molecule has 14 heteroatoms. The monoisotopic (exact) mass is 905 g/mol. The molecule has 0 spiro atoms. The molecule has 2 amide bonds. The van der Waals surface area contributed by atoms with Crippen molar-refractivity contribution in [2.45, 2.75) is 70.4 Å². The van der Waals surface area contributed by atoms with Crippen molar-refractivity contribution in [3.63, 3.8) is 0 Å². The zero-order chi connectivity index (χ0) is 45.5. The molecule has 10 nitrogen and oxygen atoms in total. The summed E-state index contributed by atoms with van der Waals surface area (Å²) in [5.74, 6) is 0.340. The van der Waals surface area contributed by atoms with Crippen LogP contribution in [0.5, 0.6) is 5.75 Å². The second-order valence-corrected chi connectivity index (χ2v) is 18.2. The number of ether oxygens (including phenoxy) is 1. The van der Waals surface area contributed by atoms with Gasteiger partial charge in [0.05, 0.1) is 22.3 Å². The summed E-state index contributed by atoms with van der Waals surface area (Å²) >= 11 is 1.44. The maximum atomic E-state index is 16.1. The van der Waals surface area contributed by atoms with Gasteiger partial charge < -0.3 is 33.0 Å². The fourth-order valence-corrected chi connectivity index (χ4v) is 10.2. The van der Waals surface area contributed by atoms with Crippen molar-refractivity contribution in [2.24, 2.45) is 0 Å². The molecule has 2 N–H and O–H groups in total. The van der Waals surface area contributed by atoms with Gasteiger partial charge in [-0.25, -0.2) is 0 Å². The average molecular weight is 906 g/mol. The Morgan fingerprint density at radius 1 is 0.924 bits per heavy atom. The van der Waals surface area contributed by atoms with E-state index in [0.29, 0.717) is 48.1 Å². The van der Waals surface area contributed by atoms with Crippen LogP contribution in [0.2, 0.25) is 0 Å². The maximum Gasteiger partial charge on any atom is 0.737 e. The number of benzene rings is 2. The summed E-state index contributed by atoms with van der Waals surface area (Å²) in [5.41, 5.74) is 7.50. The number of aryl methyl sites for hydroxylation is 2. The van der Waals surface area contributed by atoms with Gasteiger partial charge in [0, 0.05) is 73.5 Å². The first-order valence-electron chi connectivity index (χ1n) is 23.0. The largest absolute Gasteiger partial charge is 0.737 e. The van der Waals surface area contributed by atoms with Gasteiger partial charge in [0.2, 0.25) is 5.91 Å². The molecule has 66 heavy (non-hydrogen) atoms. The minimum absolute atomic E-state index is 0.0395. The topological polar surface area (TPSA) is 104 Å². The third-order valence-corrected chi connectivity index (χ3v) is 13.6. The molecule has 2 aromatic carbocycles. The summed E-state index contributed by atoms with van der Waals surface area (Å²) in [5, 5.41) is 10.2. The fourth-order valence-electron chi connectivity index (χ4n) is 9.41. The number of carbonyl (C=O) groups excluding carboxylic acids is 2. The minimum Gasteiger partial charge on any atom is -0.484 e. The summed E-state index contributed by atoms with van der Waals surface area (Å²) in [7, 11) is 2.17. The van der Waals surface area contributed by atoms with Crippen molar-refractivity contribution in [3.8, 4) is 5.75 Å². The Bertz CT molecular complexity index is 2840. The van der Waals surface area contributed by atoms with Crippen molar-refractivity contribution in [3.05, 3.63) is 165 Å². The molecular formula is C52H54BF2N7O3S. The number of hydrogen-bond donors (Lipinski definition) is 2. The lowest BCUT2D eigenvalue weighted by molar-refractivity contribution is -0.360. The Morgan fingerprint density at radius 3 is 2.64 bits per heavy atom. The molecule has 9 rings (SSSR count). The number of rotatable bonds is 19. The summed E-state index contributed by atoms with van der Waals surface area (Å²) in [6.45, 7) is -2.43. The Kier molecular flexibility index (Phi) is 13.8. The molecule has 0 fully saturated rings. The van der Waals surface area contributed by atoms with E-state index >= 15 is 8.63 Å². The highest BCUT2D eigenvalue weighted by Gasteiger charge is 2.52. The molecule has 0 saturated carbocycles. The Morgan fingerprint density at radius 2 is 1.77 bits per heavy atom. The van der Waals surface area contributed by atoms with Crippen molar-refractivity contribution in [1.29, 1.82) is 0 Å². The zero-order valence-electron chi connectivity index (χ0n) is 37.2. The number of unbranched alkanes of at least 4 members (excludes halogenated alkanes) is 2. The molecule has 6 aromatic rings. The van der Waals surface area contributed by atoms with Crippen LogP contribution in [0.4, 0.5) is 8.63 Å². The number of pyridine rings is 2. The van der Waals surface area contributed by atoms with Crippen LogP contribution in [0.25, 0.3) is 29.0 Å². The van der Waals surface area contributed by atoms with Crippen LogP contribution in [-0.2, 0) is 29.0 Å². The number of allylic oxidation sites excluding steroid dienone is 2. The van der Waals surface area contributed by atoms with Crippen molar-refractivity contribution >= 4 is 64.8 Å². The van der Waals surface area contributed by atoms with Crippen LogP contribution in [-0.4, -0.2) is 75.1 Å². The van der Waals surface area contributed by atoms with E-state index in [2.05, 4.69) is 46.8 Å². The van der Waals surface area contributed by atoms with E-state index in [1.165, 1.54) is 33.5 Å². The maximum absolute atomic E-state index is 16.1. The molecule has 1 atom stereocenters. The van der Waals surface area contributed by atoms with E-state index in [-0.39, 0.29) is 24.5 Å². The van der Waals surface area contributed by atoms with Gasteiger partial charge in [-0.15, -0.1) is 11.3 Å². The summed E-state index contributed by atoms with van der Waals surface area (Å²) < 4.78 is 40.3. The molecule has 2 aliphatic heterocycles. The van der Waals surface area contributed by atoms with Crippen LogP contribution in [0.1, 0.15) is 95.3 Å². The van der Waals surface area contributed by atoms with Crippen molar-refractivity contribution in [2.75, 3.05) is 26.7 Å². The number of hydrogen-bond acceptors (Lipinski definition) is 7. The summed E-state index contributed by atoms with van der Waals surface area (Å²) in [6.07, 6.45) is 20.3. The number of aromatic nitrogens is 3. The summed E-state index contributed by atoms with van der Waals surface area (Å²) in [4.78, 5) is 38.1. The van der Waals surface area contributed by atoms with Crippen LogP contribution in [0.15, 0.2) is 121 Å². The summed E-state index contributed by atoms with van der Waals surface area (Å²) in [6, 6.07) is 27.2. The highest BCUT2D eigenvalue weighted by Crippen LogP contribution is 2.36. The Hall–Kier alpha value is -6.51. The quantitative estimate of drug-likeness (QED) is 0.0620. The average Bonchev–Trinajstić information content (AvgIpc) is 4.12. The first-order valence-corrected chi connectivity index (χ1v) is 23.9. The number of carbonyl (C=O) groups is 2. The van der Waals surface area contributed by atoms with E-state index in [1.54, 1.807) is 54.6 Å². The predicted octanol–water partition coefficient (Wildman–Crippen LogP) is 9.63. The van der Waals surface area contributed by atoms with Gasteiger partial charge in [-0.3, -0.25) is 24.5 Å². The lowest BCUT2D eigenvalue weighted by atomic mass is 9.90. The van der Waals surface area contributed by atoms with Crippen LogP contribution >= 0.6 is 11.3 Å². The minimum atomic E-state index is -4.12.